The summed E-state index contributed by atoms with van der Waals surface area (Å²) in [4.78, 5) is 0. The molecule has 1 heteroatoms. The molecule has 0 amide bonds. The van der Waals surface area contributed by atoms with Gasteiger partial charge in [0, 0.05) is 13.0 Å². The largest absolute Gasteiger partial charge is 0.384 e. The van der Waals surface area contributed by atoms with Crippen LogP contribution in [0, 0.1) is 0 Å². The van der Waals surface area contributed by atoms with Crippen LogP contribution in [0.4, 0.5) is 0 Å². The van der Waals surface area contributed by atoms with Crippen molar-refractivity contribution in [3.05, 3.63) is 81.9 Å². The molecule has 0 saturated heterocycles. The predicted molar refractivity (Wildman–Crippen MR) is 131 cm³/mol. The van der Waals surface area contributed by atoms with E-state index in [1.807, 2.05) is 7.11 Å². The molecule has 4 rings (SSSR count). The second-order valence-electron chi connectivity index (χ2n) is 9.67. The third-order valence-electron chi connectivity index (χ3n) is 6.29. The van der Waals surface area contributed by atoms with Crippen LogP contribution in [0.3, 0.4) is 0 Å². The van der Waals surface area contributed by atoms with Crippen LogP contribution in [0.5, 0.6) is 0 Å². The number of rotatable bonds is 5. The highest BCUT2D eigenvalue weighted by Crippen LogP contribution is 2.43. The van der Waals surface area contributed by atoms with E-state index in [2.05, 4.69) is 95.3 Å². The van der Waals surface area contributed by atoms with Gasteiger partial charge in [0.25, 0.3) is 0 Å². The highest BCUT2D eigenvalue weighted by Gasteiger charge is 2.30. The lowest BCUT2D eigenvalue weighted by Gasteiger charge is -2.27. The lowest BCUT2D eigenvalue weighted by atomic mass is 9.79. The summed E-state index contributed by atoms with van der Waals surface area (Å²) in [7, 11) is 1.81. The molecule has 1 nitrogen and oxygen atoms in total. The summed E-state index contributed by atoms with van der Waals surface area (Å²) in [6, 6.07) is 15.3. The number of fused-ring (bicyclic) bond motifs is 2. The number of hydrogen-bond acceptors (Lipinski definition) is 1. The van der Waals surface area contributed by atoms with Gasteiger partial charge in [0.2, 0.25) is 0 Å². The van der Waals surface area contributed by atoms with Gasteiger partial charge in [-0.05, 0) is 52.0 Å². The third-order valence-corrected chi connectivity index (χ3v) is 6.29. The molecule has 30 heavy (non-hydrogen) atoms. The highest BCUT2D eigenvalue weighted by atomic mass is 16.5. The fraction of sp³-hybridized carbons (Fsp3) is 0.448. The summed E-state index contributed by atoms with van der Waals surface area (Å²) >= 11 is 0. The maximum Gasteiger partial charge on any atom is 0.0568 e. The van der Waals surface area contributed by atoms with Gasteiger partial charge >= 0.3 is 0 Å². The summed E-state index contributed by atoms with van der Waals surface area (Å²) in [5.74, 6) is 1.08. The fourth-order valence-electron chi connectivity index (χ4n) is 4.65. The van der Waals surface area contributed by atoms with Gasteiger partial charge in [-0.2, -0.15) is 0 Å². The molecule has 0 heterocycles. The summed E-state index contributed by atoms with van der Waals surface area (Å²) in [5.41, 5.74) is 8.97. The smallest absolute Gasteiger partial charge is 0.0568 e. The second-order valence-corrected chi connectivity index (χ2v) is 9.67. The van der Waals surface area contributed by atoms with Crippen LogP contribution in [0.15, 0.2) is 54.1 Å². The number of methoxy groups -OCH3 is 1. The van der Waals surface area contributed by atoms with Crippen LogP contribution in [0.1, 0.15) is 93.5 Å². The van der Waals surface area contributed by atoms with Crippen molar-refractivity contribution in [1.82, 2.24) is 0 Å². The Morgan fingerprint density at radius 1 is 0.967 bits per heavy atom. The van der Waals surface area contributed by atoms with E-state index in [9.17, 15) is 0 Å². The molecule has 0 aromatic heterocycles. The molecule has 0 saturated carbocycles. The molecule has 2 aliphatic carbocycles. The Kier molecular flexibility index (Phi) is 7.36. The van der Waals surface area contributed by atoms with E-state index in [4.69, 9.17) is 4.74 Å². The number of unbranched alkanes of at least 4 members (excludes halogenated alkanes) is 1. The number of ether oxygens (including phenoxy) is 1. The molecular weight excluding hydrogens is 364 g/mol. The molecule has 2 aromatic carbocycles. The van der Waals surface area contributed by atoms with E-state index in [-0.39, 0.29) is 5.41 Å². The molecule has 0 aliphatic heterocycles. The van der Waals surface area contributed by atoms with Crippen LogP contribution in [0.2, 0.25) is 0 Å². The minimum absolute atomic E-state index is 0.186. The van der Waals surface area contributed by atoms with E-state index < -0.39 is 0 Å². The van der Waals surface area contributed by atoms with Gasteiger partial charge in [0.05, 0.1) is 6.61 Å². The highest BCUT2D eigenvalue weighted by molar-refractivity contribution is 5.69. The first kappa shape index (κ1) is 22.6. The van der Waals surface area contributed by atoms with Gasteiger partial charge in [-0.25, -0.2) is 0 Å². The van der Waals surface area contributed by atoms with Crippen molar-refractivity contribution in [2.24, 2.45) is 0 Å². The summed E-state index contributed by atoms with van der Waals surface area (Å²) in [5, 5.41) is 0. The maximum atomic E-state index is 5.52. The molecule has 2 unspecified atom stereocenters. The zero-order chi connectivity index (χ0) is 21.7. The SMILES string of the molecule is CC1C=Cc2ccccc21.CCCCC1=Cc2cccc(C(C)(C)C)c2C1COC. The van der Waals surface area contributed by atoms with Crippen molar-refractivity contribution in [2.45, 2.75) is 71.1 Å². The molecule has 160 valence electrons. The molecule has 0 fully saturated rings. The second kappa shape index (κ2) is 9.79. The Balaban J connectivity index is 0.000000212. The summed E-state index contributed by atoms with van der Waals surface area (Å²) in [6.45, 7) is 12.2. The number of allylic oxidation sites excluding steroid dienone is 1. The van der Waals surface area contributed by atoms with E-state index in [0.717, 1.165) is 6.61 Å². The van der Waals surface area contributed by atoms with Gasteiger partial charge in [0.15, 0.2) is 0 Å². The Labute approximate surface area is 183 Å². The lowest BCUT2D eigenvalue weighted by molar-refractivity contribution is 0.187. The van der Waals surface area contributed by atoms with Crippen molar-refractivity contribution in [3.8, 4) is 0 Å². The molecule has 2 aromatic rings. The minimum Gasteiger partial charge on any atom is -0.384 e. The van der Waals surface area contributed by atoms with Crippen LogP contribution in [0.25, 0.3) is 12.2 Å². The maximum absolute atomic E-state index is 5.52. The lowest BCUT2D eigenvalue weighted by Crippen LogP contribution is -2.18. The standard InChI is InChI=1S/C19H28O.C10H10/c1-6-7-9-14-12-15-10-8-11-17(19(2,3)4)18(15)16(14)13-20-5;1-8-6-7-9-4-2-3-5-10(8)9/h8,10-12,16H,6-7,9,13H2,1-5H3;2-8H,1H3. The fourth-order valence-corrected chi connectivity index (χ4v) is 4.65. The zero-order valence-electron chi connectivity index (χ0n) is 19.7. The van der Waals surface area contributed by atoms with Crippen molar-refractivity contribution < 1.29 is 4.74 Å². The first-order valence-corrected chi connectivity index (χ1v) is 11.5. The summed E-state index contributed by atoms with van der Waals surface area (Å²) < 4.78 is 5.52. The van der Waals surface area contributed by atoms with Gasteiger partial charge in [-0.15, -0.1) is 0 Å². The van der Waals surface area contributed by atoms with Crippen LogP contribution >= 0.6 is 0 Å². The Morgan fingerprint density at radius 3 is 2.37 bits per heavy atom. The van der Waals surface area contributed by atoms with Crippen molar-refractivity contribution >= 4 is 12.2 Å². The molecule has 2 aliphatic rings. The molecule has 0 N–H and O–H groups in total. The van der Waals surface area contributed by atoms with E-state index in [0.29, 0.717) is 11.8 Å². The first-order chi connectivity index (χ1) is 14.4. The molecule has 0 spiro atoms. The molecular formula is C29H38O. The van der Waals surface area contributed by atoms with E-state index >= 15 is 0 Å². The van der Waals surface area contributed by atoms with Gasteiger partial charge in [-0.1, -0.05) is 107 Å². The summed E-state index contributed by atoms with van der Waals surface area (Å²) in [6.07, 6.45) is 10.6. The quantitative estimate of drug-likeness (QED) is 0.490. The average Bonchev–Trinajstić information content (AvgIpc) is 3.27. The average molecular weight is 403 g/mol. The van der Waals surface area contributed by atoms with Crippen LogP contribution < -0.4 is 0 Å². The van der Waals surface area contributed by atoms with Gasteiger partial charge in [-0.3, -0.25) is 0 Å². The van der Waals surface area contributed by atoms with Crippen molar-refractivity contribution in [3.63, 3.8) is 0 Å². The van der Waals surface area contributed by atoms with Crippen LogP contribution in [-0.4, -0.2) is 13.7 Å². The Bertz CT molecular complexity index is 910. The van der Waals surface area contributed by atoms with E-state index in [1.165, 1.54) is 47.1 Å². The Morgan fingerprint density at radius 2 is 1.70 bits per heavy atom. The first-order valence-electron chi connectivity index (χ1n) is 11.5. The van der Waals surface area contributed by atoms with Crippen LogP contribution in [-0.2, 0) is 10.2 Å². The number of benzene rings is 2. The Hall–Kier alpha value is -2.12. The number of hydrogen-bond donors (Lipinski definition) is 0. The van der Waals surface area contributed by atoms with Gasteiger partial charge < -0.3 is 4.74 Å². The third kappa shape index (κ3) is 4.95. The normalized spacial score (nSPS) is 19.1. The molecule has 0 radical (unpaired) electrons. The molecule has 0 bridgehead atoms. The van der Waals surface area contributed by atoms with E-state index in [1.54, 1.807) is 5.57 Å². The van der Waals surface area contributed by atoms with Crippen molar-refractivity contribution in [1.29, 1.82) is 0 Å². The van der Waals surface area contributed by atoms with Crippen molar-refractivity contribution in [2.75, 3.05) is 13.7 Å². The topological polar surface area (TPSA) is 9.23 Å². The monoisotopic (exact) mass is 402 g/mol. The predicted octanol–water partition coefficient (Wildman–Crippen LogP) is 8.12. The zero-order valence-corrected chi connectivity index (χ0v) is 19.7. The minimum atomic E-state index is 0.186. The van der Waals surface area contributed by atoms with Gasteiger partial charge in [0.1, 0.15) is 0 Å². The molecule has 2 atom stereocenters.